The van der Waals surface area contributed by atoms with Crippen LogP contribution in [0.25, 0.3) is 10.8 Å². The lowest BCUT2D eigenvalue weighted by atomic mass is 10.1. The summed E-state index contributed by atoms with van der Waals surface area (Å²) in [6.07, 6.45) is 0.267. The first kappa shape index (κ1) is 12.6. The van der Waals surface area contributed by atoms with E-state index in [0.717, 1.165) is 5.39 Å². The van der Waals surface area contributed by atoms with Crippen molar-refractivity contribution in [2.24, 2.45) is 0 Å². The first-order valence-corrected chi connectivity index (χ1v) is 6.05. The molecule has 2 rings (SSSR count). The van der Waals surface area contributed by atoms with Crippen molar-refractivity contribution in [3.63, 3.8) is 0 Å². The fourth-order valence-corrected chi connectivity index (χ4v) is 1.83. The Bertz CT molecular complexity index is 624. The van der Waals surface area contributed by atoms with Gasteiger partial charge in [-0.25, -0.2) is 5.10 Å². The van der Waals surface area contributed by atoms with Gasteiger partial charge in [0.2, 0.25) is 5.91 Å². The van der Waals surface area contributed by atoms with Crippen molar-refractivity contribution in [3.05, 3.63) is 40.3 Å². The van der Waals surface area contributed by atoms with Gasteiger partial charge in [0.15, 0.2) is 0 Å². The average Bonchev–Trinajstić information content (AvgIpc) is 2.39. The number of aromatic amines is 1. The zero-order valence-corrected chi connectivity index (χ0v) is 10.3. The molecule has 5 nitrogen and oxygen atoms in total. The molecule has 0 atom stereocenters. The lowest BCUT2D eigenvalue weighted by molar-refractivity contribution is -0.120. The lowest BCUT2D eigenvalue weighted by Crippen LogP contribution is -2.24. The van der Waals surface area contributed by atoms with Crippen molar-refractivity contribution >= 4 is 28.3 Å². The number of rotatable bonds is 4. The molecule has 0 saturated heterocycles. The second kappa shape index (κ2) is 5.64. The smallest absolute Gasteiger partial charge is 0.272 e. The standard InChI is InChI=1S/C12H12ClN3O2/c13-6-5-11(17)14-7-10-8-3-1-2-4-9(8)12(18)16-15-10/h1-4H,5-7H2,(H,14,17)(H,16,18). The molecule has 1 aromatic heterocycles. The average molecular weight is 266 g/mol. The zero-order chi connectivity index (χ0) is 13.0. The highest BCUT2D eigenvalue weighted by molar-refractivity contribution is 6.18. The Labute approximate surface area is 108 Å². The highest BCUT2D eigenvalue weighted by atomic mass is 35.5. The number of H-pyrrole nitrogens is 1. The molecule has 18 heavy (non-hydrogen) atoms. The fraction of sp³-hybridized carbons (Fsp3) is 0.250. The zero-order valence-electron chi connectivity index (χ0n) is 9.57. The number of amides is 1. The molecule has 2 aromatic rings. The summed E-state index contributed by atoms with van der Waals surface area (Å²) in [7, 11) is 0. The van der Waals surface area contributed by atoms with Crippen LogP contribution >= 0.6 is 11.6 Å². The number of nitrogens with zero attached hydrogens (tertiary/aromatic N) is 1. The van der Waals surface area contributed by atoms with Crippen molar-refractivity contribution in [3.8, 4) is 0 Å². The minimum absolute atomic E-state index is 0.137. The Morgan fingerprint density at radius 3 is 2.78 bits per heavy atom. The van der Waals surface area contributed by atoms with Crippen LogP contribution in [0.1, 0.15) is 12.1 Å². The summed E-state index contributed by atoms with van der Waals surface area (Å²) in [6.45, 7) is 0.271. The molecule has 94 valence electrons. The van der Waals surface area contributed by atoms with E-state index in [0.29, 0.717) is 11.1 Å². The summed E-state index contributed by atoms with van der Waals surface area (Å²) in [5.74, 6) is 0.146. The maximum atomic E-state index is 11.5. The maximum Gasteiger partial charge on any atom is 0.272 e. The largest absolute Gasteiger partial charge is 0.350 e. The van der Waals surface area contributed by atoms with E-state index in [9.17, 15) is 9.59 Å². The van der Waals surface area contributed by atoms with Crippen LogP contribution in [0, 0.1) is 0 Å². The molecule has 0 fully saturated rings. The normalized spacial score (nSPS) is 10.5. The molecule has 2 N–H and O–H groups in total. The number of nitrogens with one attached hydrogen (secondary N) is 2. The van der Waals surface area contributed by atoms with Gasteiger partial charge in [0.25, 0.3) is 5.56 Å². The number of alkyl halides is 1. The minimum Gasteiger partial charge on any atom is -0.350 e. The van der Waals surface area contributed by atoms with Crippen LogP contribution in [0.15, 0.2) is 29.1 Å². The van der Waals surface area contributed by atoms with E-state index < -0.39 is 0 Å². The van der Waals surface area contributed by atoms with Crippen LogP contribution < -0.4 is 10.9 Å². The van der Waals surface area contributed by atoms with Gasteiger partial charge in [-0.3, -0.25) is 9.59 Å². The molecular formula is C12H12ClN3O2. The SMILES string of the molecule is O=C(CCCl)NCc1n[nH]c(=O)c2ccccc12. The van der Waals surface area contributed by atoms with E-state index in [1.54, 1.807) is 18.2 Å². The first-order chi connectivity index (χ1) is 8.72. The number of carbonyl (C=O) groups excluding carboxylic acids is 1. The Kier molecular flexibility index (Phi) is 3.94. The molecule has 0 radical (unpaired) electrons. The summed E-state index contributed by atoms with van der Waals surface area (Å²) in [5.41, 5.74) is 0.398. The summed E-state index contributed by atoms with van der Waals surface area (Å²) in [5, 5.41) is 10.4. The Morgan fingerprint density at radius 1 is 1.33 bits per heavy atom. The van der Waals surface area contributed by atoms with Crippen molar-refractivity contribution in [1.82, 2.24) is 15.5 Å². The van der Waals surface area contributed by atoms with Crippen molar-refractivity contribution in [2.45, 2.75) is 13.0 Å². The third-order valence-electron chi connectivity index (χ3n) is 2.55. The number of fused-ring (bicyclic) bond motifs is 1. The van der Waals surface area contributed by atoms with Gasteiger partial charge in [0.1, 0.15) is 0 Å². The van der Waals surface area contributed by atoms with Gasteiger partial charge < -0.3 is 5.32 Å². The van der Waals surface area contributed by atoms with Gasteiger partial charge in [-0.1, -0.05) is 18.2 Å². The van der Waals surface area contributed by atoms with E-state index in [-0.39, 0.29) is 30.3 Å². The van der Waals surface area contributed by atoms with Gasteiger partial charge in [0, 0.05) is 17.7 Å². The van der Waals surface area contributed by atoms with Crippen molar-refractivity contribution < 1.29 is 4.79 Å². The fourth-order valence-electron chi connectivity index (χ4n) is 1.66. The van der Waals surface area contributed by atoms with E-state index >= 15 is 0 Å². The number of aromatic nitrogens is 2. The van der Waals surface area contributed by atoms with Crippen LogP contribution in [0.5, 0.6) is 0 Å². The Hall–Kier alpha value is -1.88. The molecule has 1 heterocycles. The van der Waals surface area contributed by atoms with Gasteiger partial charge in [0.05, 0.1) is 17.6 Å². The highest BCUT2D eigenvalue weighted by Crippen LogP contribution is 2.11. The van der Waals surface area contributed by atoms with E-state index in [2.05, 4.69) is 15.5 Å². The lowest BCUT2D eigenvalue weighted by Gasteiger charge is -2.06. The molecule has 6 heteroatoms. The number of carbonyl (C=O) groups is 1. The predicted molar refractivity (Wildman–Crippen MR) is 69.5 cm³/mol. The van der Waals surface area contributed by atoms with Gasteiger partial charge in [-0.05, 0) is 6.07 Å². The van der Waals surface area contributed by atoms with Crippen molar-refractivity contribution in [2.75, 3.05) is 5.88 Å². The van der Waals surface area contributed by atoms with E-state index in [4.69, 9.17) is 11.6 Å². The third-order valence-corrected chi connectivity index (χ3v) is 2.74. The van der Waals surface area contributed by atoms with Gasteiger partial charge >= 0.3 is 0 Å². The topological polar surface area (TPSA) is 74.8 Å². The first-order valence-electron chi connectivity index (χ1n) is 5.51. The summed E-state index contributed by atoms with van der Waals surface area (Å²) in [6, 6.07) is 7.14. The Balaban J connectivity index is 2.26. The molecule has 0 bridgehead atoms. The molecule has 0 aliphatic rings. The van der Waals surface area contributed by atoms with Crippen LogP contribution in [-0.4, -0.2) is 22.0 Å². The molecule has 0 aliphatic carbocycles. The second-order valence-corrected chi connectivity index (χ2v) is 4.14. The summed E-state index contributed by atoms with van der Waals surface area (Å²) in [4.78, 5) is 22.9. The number of hydrogen-bond donors (Lipinski definition) is 2. The molecule has 0 spiro atoms. The summed E-state index contributed by atoms with van der Waals surface area (Å²) >= 11 is 5.47. The quantitative estimate of drug-likeness (QED) is 0.815. The van der Waals surface area contributed by atoms with E-state index in [1.807, 2.05) is 6.07 Å². The predicted octanol–water partition coefficient (Wildman–Crippen LogP) is 1.17. The number of hydrogen-bond acceptors (Lipinski definition) is 3. The molecule has 0 aliphatic heterocycles. The highest BCUT2D eigenvalue weighted by Gasteiger charge is 2.07. The van der Waals surface area contributed by atoms with Crippen LogP contribution in [0.2, 0.25) is 0 Å². The monoisotopic (exact) mass is 265 g/mol. The minimum atomic E-state index is -0.235. The molecule has 1 aromatic carbocycles. The Morgan fingerprint density at radius 2 is 2.06 bits per heavy atom. The van der Waals surface area contributed by atoms with E-state index in [1.165, 1.54) is 0 Å². The van der Waals surface area contributed by atoms with Crippen molar-refractivity contribution in [1.29, 1.82) is 0 Å². The summed E-state index contributed by atoms with van der Waals surface area (Å²) < 4.78 is 0. The molecule has 1 amide bonds. The van der Waals surface area contributed by atoms with Crippen LogP contribution in [0.4, 0.5) is 0 Å². The number of halogens is 1. The molecule has 0 saturated carbocycles. The molecular weight excluding hydrogens is 254 g/mol. The second-order valence-electron chi connectivity index (χ2n) is 3.76. The van der Waals surface area contributed by atoms with Crippen LogP contribution in [-0.2, 0) is 11.3 Å². The maximum absolute atomic E-state index is 11.5. The van der Waals surface area contributed by atoms with Crippen LogP contribution in [0.3, 0.4) is 0 Å². The van der Waals surface area contributed by atoms with Gasteiger partial charge in [-0.15, -0.1) is 11.6 Å². The number of benzene rings is 1. The third kappa shape index (κ3) is 2.68. The van der Waals surface area contributed by atoms with Gasteiger partial charge in [-0.2, -0.15) is 5.10 Å². The molecule has 0 unspecified atom stereocenters.